The Bertz CT molecular complexity index is 1130. The second-order valence-electron chi connectivity index (χ2n) is 11.1. The smallest absolute Gasteiger partial charge is 0.817 e. The van der Waals surface area contributed by atoms with E-state index in [-0.39, 0.29) is 25.8 Å². The van der Waals surface area contributed by atoms with Gasteiger partial charge in [0.05, 0.1) is 11.4 Å². The maximum absolute atomic E-state index is 6.75. The fourth-order valence-corrected chi connectivity index (χ4v) is 4.66. The van der Waals surface area contributed by atoms with Gasteiger partial charge in [-0.3, -0.25) is 4.99 Å². The minimum absolute atomic E-state index is 0. The molecular formula is C38H52HfN3+. The molecule has 0 saturated heterocycles. The fourth-order valence-electron chi connectivity index (χ4n) is 4.66. The third-order valence-electron chi connectivity index (χ3n) is 6.86. The Labute approximate surface area is 276 Å². The van der Waals surface area contributed by atoms with Crippen molar-refractivity contribution in [1.29, 1.82) is 0 Å². The van der Waals surface area contributed by atoms with Crippen LogP contribution in [0.25, 0.3) is 5.41 Å². The van der Waals surface area contributed by atoms with E-state index in [1.54, 1.807) is 0 Å². The van der Waals surface area contributed by atoms with Crippen LogP contribution in [0.2, 0.25) is 0 Å². The summed E-state index contributed by atoms with van der Waals surface area (Å²) in [7, 11) is 0. The summed E-state index contributed by atoms with van der Waals surface area (Å²) >= 11 is 0. The molecule has 1 unspecified atom stereocenters. The minimum atomic E-state index is 0. The Hall–Kier alpha value is -2.85. The molecule has 1 N–H and O–H groups in total. The van der Waals surface area contributed by atoms with Crippen molar-refractivity contribution in [1.82, 2.24) is 0 Å². The van der Waals surface area contributed by atoms with Crippen LogP contribution in [0, 0.1) is 19.8 Å². The molecule has 0 aliphatic heterocycles. The maximum atomic E-state index is 6.75. The van der Waals surface area contributed by atoms with Crippen LogP contribution in [0.15, 0.2) is 95.1 Å². The Morgan fingerprint density at radius 2 is 1.29 bits per heavy atom. The summed E-state index contributed by atoms with van der Waals surface area (Å²) in [6, 6.07) is 26.5. The van der Waals surface area contributed by atoms with Gasteiger partial charge in [-0.1, -0.05) is 78.3 Å². The first kappa shape index (κ1) is 39.2. The minimum Gasteiger partial charge on any atom is -0.817 e. The van der Waals surface area contributed by atoms with Crippen LogP contribution < -0.4 is 5.32 Å². The van der Waals surface area contributed by atoms with Gasteiger partial charge < -0.3 is 10.7 Å². The van der Waals surface area contributed by atoms with Crippen molar-refractivity contribution in [2.75, 3.05) is 11.9 Å². The molecule has 1 aliphatic rings. The molecule has 0 bridgehead atoms. The summed E-state index contributed by atoms with van der Waals surface area (Å²) < 4.78 is 0. The van der Waals surface area contributed by atoms with Crippen LogP contribution in [0.3, 0.4) is 0 Å². The molecule has 0 aromatic heterocycles. The quantitative estimate of drug-likeness (QED) is 0.112. The standard InChI is InChI=1S/C23H36N2.2C7H7.CH2N.Hf/c1-8-9-13-24-21-17(6)14-18(7)22(21)25-23-19(15(2)3)11-10-12-20(23)16(4)5;2*1-7-5-3-2-4-6-7;1-2;/h10-12,15-17,25H,8-9,13-14H2,1-7H3;2*2-6H,1H2;1H2;/q;3*-1;+4. The summed E-state index contributed by atoms with van der Waals surface area (Å²) in [6.07, 6.45) is 3.49. The van der Waals surface area contributed by atoms with Crippen molar-refractivity contribution in [3.63, 3.8) is 0 Å². The zero-order valence-corrected chi connectivity index (χ0v) is 30.7. The average Bonchev–Trinajstić information content (AvgIpc) is 3.23. The molecular weight excluding hydrogens is 677 g/mol. The van der Waals surface area contributed by atoms with Gasteiger partial charge >= 0.3 is 25.8 Å². The summed E-state index contributed by atoms with van der Waals surface area (Å²) in [5.41, 5.74) is 10.2. The Morgan fingerprint density at radius 1 is 0.833 bits per heavy atom. The van der Waals surface area contributed by atoms with Crippen LogP contribution >= 0.6 is 0 Å². The van der Waals surface area contributed by atoms with Crippen LogP contribution in [-0.4, -0.2) is 19.0 Å². The largest absolute Gasteiger partial charge is 4.00 e. The molecule has 3 aromatic carbocycles. The number of benzene rings is 3. The first-order valence-electron chi connectivity index (χ1n) is 14.9. The molecule has 1 aliphatic carbocycles. The van der Waals surface area contributed by atoms with Crippen LogP contribution in [0.5, 0.6) is 0 Å². The second-order valence-corrected chi connectivity index (χ2v) is 11.1. The van der Waals surface area contributed by atoms with Gasteiger partial charge in [-0.05, 0) is 48.3 Å². The molecule has 0 fully saturated rings. The first-order valence-corrected chi connectivity index (χ1v) is 14.9. The molecule has 0 saturated carbocycles. The number of nitrogens with one attached hydrogen (secondary N) is 1. The SMILES string of the molecule is C=[N-].CCCCN=C1C(Nc2c(C(C)C)cccc2C(C)C)=C(C)CC1C.[CH2-]c1ccccc1.[CH2-]c1ccccc1.[Hf+4]. The van der Waals surface area contributed by atoms with Gasteiger partial charge in [-0.2, -0.15) is 49.2 Å². The van der Waals surface area contributed by atoms with Crippen molar-refractivity contribution in [3.05, 3.63) is 132 Å². The summed E-state index contributed by atoms with van der Waals surface area (Å²) in [5.74, 6) is 1.52. The van der Waals surface area contributed by atoms with E-state index in [0.717, 1.165) is 24.1 Å². The van der Waals surface area contributed by atoms with E-state index < -0.39 is 0 Å². The summed E-state index contributed by atoms with van der Waals surface area (Å²) in [5, 5.41) is 10.6. The van der Waals surface area contributed by atoms with Crippen molar-refractivity contribution >= 4 is 18.1 Å². The first-order chi connectivity index (χ1) is 19.6. The van der Waals surface area contributed by atoms with Gasteiger partial charge in [0.15, 0.2) is 0 Å². The van der Waals surface area contributed by atoms with E-state index in [0.29, 0.717) is 17.8 Å². The number of hydrogen-bond acceptors (Lipinski definition) is 2. The van der Waals surface area contributed by atoms with E-state index in [1.165, 1.54) is 46.6 Å². The number of nitrogens with zero attached hydrogens (tertiary/aromatic N) is 2. The number of unbranched alkanes of at least 4 members (excludes halogenated alkanes) is 1. The molecule has 0 radical (unpaired) electrons. The molecule has 3 aromatic rings. The summed E-state index contributed by atoms with van der Waals surface area (Å²) in [6.45, 7) is 26.5. The molecule has 0 spiro atoms. The molecule has 4 rings (SSSR count). The third kappa shape index (κ3) is 13.4. The van der Waals surface area contributed by atoms with Gasteiger partial charge in [0.1, 0.15) is 0 Å². The molecule has 3 nitrogen and oxygen atoms in total. The van der Waals surface area contributed by atoms with E-state index in [4.69, 9.17) is 10.4 Å². The van der Waals surface area contributed by atoms with Crippen LogP contribution in [0.4, 0.5) is 5.69 Å². The predicted molar refractivity (Wildman–Crippen MR) is 184 cm³/mol. The molecule has 222 valence electrons. The van der Waals surface area contributed by atoms with Gasteiger partial charge in [0.25, 0.3) is 0 Å². The van der Waals surface area contributed by atoms with Gasteiger partial charge in [-0.25, -0.2) is 6.72 Å². The Morgan fingerprint density at radius 3 is 1.64 bits per heavy atom. The Kier molecular flexibility index (Phi) is 20.3. The van der Waals surface area contributed by atoms with Crippen molar-refractivity contribution in [3.8, 4) is 0 Å². The normalized spacial score (nSPS) is 14.6. The number of anilines is 1. The van der Waals surface area contributed by atoms with E-state index in [2.05, 4.69) is 92.5 Å². The number of aliphatic imine (C=N–C) groups is 1. The third-order valence-corrected chi connectivity index (χ3v) is 6.86. The second kappa shape index (κ2) is 21.8. The molecule has 42 heavy (non-hydrogen) atoms. The average molecular weight is 729 g/mol. The van der Waals surface area contributed by atoms with E-state index in [9.17, 15) is 0 Å². The van der Waals surface area contributed by atoms with E-state index in [1.807, 2.05) is 60.7 Å². The van der Waals surface area contributed by atoms with Gasteiger partial charge in [0, 0.05) is 18.2 Å². The number of rotatable bonds is 7. The number of allylic oxidation sites excluding steroid dienone is 2. The van der Waals surface area contributed by atoms with Crippen molar-refractivity contribution < 1.29 is 25.8 Å². The van der Waals surface area contributed by atoms with Crippen molar-refractivity contribution in [2.45, 2.75) is 79.6 Å². The molecule has 4 heteroatoms. The Balaban J connectivity index is 0.000000801. The van der Waals surface area contributed by atoms with Crippen LogP contribution in [-0.2, 0) is 25.8 Å². The monoisotopic (exact) mass is 730 g/mol. The fraction of sp³-hybridized carbons (Fsp3) is 0.368. The predicted octanol–water partition coefficient (Wildman–Crippen LogP) is 10.9. The summed E-state index contributed by atoms with van der Waals surface area (Å²) in [4.78, 5) is 4.97. The number of para-hydroxylation sites is 1. The zero-order chi connectivity index (χ0) is 30.8. The van der Waals surface area contributed by atoms with E-state index >= 15 is 0 Å². The van der Waals surface area contributed by atoms with Crippen molar-refractivity contribution in [2.24, 2.45) is 10.9 Å². The molecule has 0 heterocycles. The maximum Gasteiger partial charge on any atom is 4.00 e. The topological polar surface area (TPSA) is 46.7 Å². The van der Waals surface area contributed by atoms with Gasteiger partial charge in [-0.15, -0.1) is 24.3 Å². The molecule has 1 atom stereocenters. The zero-order valence-electron chi connectivity index (χ0n) is 27.1. The van der Waals surface area contributed by atoms with Gasteiger partial charge in [0.2, 0.25) is 0 Å². The van der Waals surface area contributed by atoms with Crippen LogP contribution in [0.1, 0.15) is 102 Å². The number of hydrogen-bond donors (Lipinski definition) is 1. The molecule has 0 amide bonds.